The van der Waals surface area contributed by atoms with Gasteiger partial charge >= 0.3 is 5.97 Å². The van der Waals surface area contributed by atoms with Crippen molar-refractivity contribution >= 4 is 12.3 Å². The van der Waals surface area contributed by atoms with E-state index in [1.807, 2.05) is 0 Å². The van der Waals surface area contributed by atoms with E-state index in [0.717, 1.165) is 45.3 Å². The van der Waals surface area contributed by atoms with E-state index in [4.69, 9.17) is 18.9 Å². The van der Waals surface area contributed by atoms with Gasteiger partial charge in [0.05, 0.1) is 24.4 Å². The maximum absolute atomic E-state index is 11.5. The van der Waals surface area contributed by atoms with Crippen LogP contribution in [0.1, 0.15) is 79.1 Å². The van der Waals surface area contributed by atoms with Crippen molar-refractivity contribution in [2.75, 3.05) is 0 Å². The SMILES string of the molecule is CCCCCCCC(CC=O)OC(OO)C1CC(C)C(O)C1OC1OC(C)C(O)C(OC(C)=O)C1O. The predicted octanol–water partition coefficient (Wildman–Crippen LogP) is 1.94. The number of ether oxygens (including phenoxy) is 4. The van der Waals surface area contributed by atoms with E-state index in [1.54, 1.807) is 13.8 Å². The zero-order valence-corrected chi connectivity index (χ0v) is 21.7. The van der Waals surface area contributed by atoms with Crippen molar-refractivity contribution in [2.24, 2.45) is 11.8 Å². The molecule has 2 rings (SSSR count). The Hall–Kier alpha value is -1.18. The van der Waals surface area contributed by atoms with Gasteiger partial charge in [-0.25, -0.2) is 10.1 Å². The van der Waals surface area contributed by atoms with Crippen molar-refractivity contribution in [3.8, 4) is 0 Å². The lowest BCUT2D eigenvalue weighted by atomic mass is 9.99. The number of carbonyl (C=O) groups is 2. The Kier molecular flexibility index (Phi) is 13.2. The van der Waals surface area contributed by atoms with Gasteiger partial charge in [0.1, 0.15) is 18.5 Å². The number of unbranched alkanes of at least 4 members (excludes halogenated alkanes) is 4. The zero-order valence-electron chi connectivity index (χ0n) is 21.7. The van der Waals surface area contributed by atoms with Gasteiger partial charge in [-0.05, 0) is 25.7 Å². The van der Waals surface area contributed by atoms with Gasteiger partial charge in [0, 0.05) is 19.3 Å². The maximum atomic E-state index is 11.5. The first-order valence-electron chi connectivity index (χ1n) is 13.1. The predicted molar refractivity (Wildman–Crippen MR) is 126 cm³/mol. The quantitative estimate of drug-likeness (QED) is 0.0623. The summed E-state index contributed by atoms with van der Waals surface area (Å²) >= 11 is 0. The molecule has 2 fully saturated rings. The van der Waals surface area contributed by atoms with Crippen LogP contribution in [0.25, 0.3) is 0 Å². The molecular formula is C25H44O11. The molecule has 36 heavy (non-hydrogen) atoms. The van der Waals surface area contributed by atoms with Crippen molar-refractivity contribution in [2.45, 2.75) is 134 Å². The highest BCUT2D eigenvalue weighted by molar-refractivity contribution is 5.66. The molecule has 11 atom stereocenters. The number of aliphatic hydroxyl groups excluding tert-OH is 3. The van der Waals surface area contributed by atoms with Crippen LogP contribution in [0.3, 0.4) is 0 Å². The van der Waals surface area contributed by atoms with Crippen LogP contribution in [-0.4, -0.2) is 88.1 Å². The van der Waals surface area contributed by atoms with E-state index in [-0.39, 0.29) is 12.3 Å². The molecule has 11 nitrogen and oxygen atoms in total. The van der Waals surface area contributed by atoms with Gasteiger partial charge in [-0.1, -0.05) is 46.0 Å². The van der Waals surface area contributed by atoms with Gasteiger partial charge < -0.3 is 39.1 Å². The lowest BCUT2D eigenvalue weighted by Crippen LogP contribution is -2.60. The Balaban J connectivity index is 2.11. The molecule has 0 spiro atoms. The Morgan fingerprint density at radius 1 is 1.06 bits per heavy atom. The van der Waals surface area contributed by atoms with Crippen molar-refractivity contribution < 1.29 is 54.0 Å². The van der Waals surface area contributed by atoms with Crippen LogP contribution < -0.4 is 0 Å². The van der Waals surface area contributed by atoms with Gasteiger partial charge in [0.15, 0.2) is 18.7 Å². The zero-order chi connectivity index (χ0) is 26.8. The summed E-state index contributed by atoms with van der Waals surface area (Å²) in [4.78, 5) is 27.4. The largest absolute Gasteiger partial charge is 0.457 e. The van der Waals surface area contributed by atoms with E-state index in [2.05, 4.69) is 11.8 Å². The minimum Gasteiger partial charge on any atom is -0.457 e. The third-order valence-corrected chi connectivity index (χ3v) is 7.13. The summed E-state index contributed by atoms with van der Waals surface area (Å²) in [5, 5.41) is 41.5. The Morgan fingerprint density at radius 2 is 1.75 bits per heavy atom. The Morgan fingerprint density at radius 3 is 2.36 bits per heavy atom. The van der Waals surface area contributed by atoms with Crippen LogP contribution in [0.15, 0.2) is 0 Å². The van der Waals surface area contributed by atoms with Crippen LogP contribution in [-0.2, 0) is 33.4 Å². The van der Waals surface area contributed by atoms with Crippen molar-refractivity contribution in [1.29, 1.82) is 0 Å². The summed E-state index contributed by atoms with van der Waals surface area (Å²) in [6, 6.07) is 0. The average Bonchev–Trinajstić information content (AvgIpc) is 3.11. The number of hydrogen-bond donors (Lipinski definition) is 4. The summed E-state index contributed by atoms with van der Waals surface area (Å²) in [5.74, 6) is -1.59. The van der Waals surface area contributed by atoms with Crippen molar-refractivity contribution in [3.63, 3.8) is 0 Å². The average molecular weight is 521 g/mol. The molecule has 0 bridgehead atoms. The second-order valence-electron chi connectivity index (χ2n) is 10.1. The summed E-state index contributed by atoms with van der Waals surface area (Å²) < 4.78 is 22.7. The summed E-state index contributed by atoms with van der Waals surface area (Å²) in [6.07, 6.45) is -2.77. The third-order valence-electron chi connectivity index (χ3n) is 7.13. The normalized spacial score (nSPS) is 36.4. The molecule has 1 saturated carbocycles. The molecule has 0 amide bonds. The highest BCUT2D eigenvalue weighted by Crippen LogP contribution is 2.39. The molecule has 11 unspecified atom stereocenters. The van der Waals surface area contributed by atoms with E-state index in [1.165, 1.54) is 0 Å². The molecule has 0 aromatic carbocycles. The maximum Gasteiger partial charge on any atom is 0.303 e. The van der Waals surface area contributed by atoms with E-state index < -0.39 is 67.2 Å². The van der Waals surface area contributed by atoms with E-state index >= 15 is 0 Å². The third kappa shape index (κ3) is 8.42. The smallest absolute Gasteiger partial charge is 0.303 e. The lowest BCUT2D eigenvalue weighted by molar-refractivity contribution is -0.381. The molecular weight excluding hydrogens is 476 g/mol. The number of hydrogen-bond acceptors (Lipinski definition) is 11. The second kappa shape index (κ2) is 15.3. The Labute approximate surface area is 212 Å². The molecule has 4 N–H and O–H groups in total. The summed E-state index contributed by atoms with van der Waals surface area (Å²) in [7, 11) is 0. The fourth-order valence-electron chi connectivity index (χ4n) is 5.04. The highest BCUT2D eigenvalue weighted by Gasteiger charge is 2.52. The number of carbonyl (C=O) groups excluding carboxylic acids is 2. The number of rotatable bonds is 15. The highest BCUT2D eigenvalue weighted by atomic mass is 17.1. The summed E-state index contributed by atoms with van der Waals surface area (Å²) in [5.41, 5.74) is 0. The molecule has 1 aliphatic heterocycles. The minimum absolute atomic E-state index is 0.133. The van der Waals surface area contributed by atoms with Gasteiger partial charge in [0.2, 0.25) is 0 Å². The number of esters is 1. The first-order valence-corrected chi connectivity index (χ1v) is 13.1. The van der Waals surface area contributed by atoms with Crippen LogP contribution >= 0.6 is 0 Å². The van der Waals surface area contributed by atoms with Crippen molar-refractivity contribution in [3.05, 3.63) is 0 Å². The number of aliphatic hydroxyl groups is 3. The minimum atomic E-state index is -1.52. The fraction of sp³-hybridized carbons (Fsp3) is 0.920. The van der Waals surface area contributed by atoms with Crippen LogP contribution in [0.4, 0.5) is 0 Å². The topological polar surface area (TPSA) is 161 Å². The molecule has 2 aliphatic rings. The molecule has 0 aromatic rings. The lowest BCUT2D eigenvalue weighted by Gasteiger charge is -2.42. The molecule has 210 valence electrons. The summed E-state index contributed by atoms with van der Waals surface area (Å²) in [6.45, 7) is 6.64. The van der Waals surface area contributed by atoms with Gasteiger partial charge in [-0.3, -0.25) is 4.79 Å². The standard InChI is InChI=1S/C25H44O11/c1-5-6-7-8-9-10-17(11-12-26)34-24(36-31)18-13-14(2)19(28)22(18)35-25-21(30)23(33-16(4)27)20(29)15(3)32-25/h12,14-15,17-25,28-31H,5-11,13H2,1-4H3. The molecule has 1 saturated heterocycles. The monoisotopic (exact) mass is 520 g/mol. The first kappa shape index (κ1) is 31.0. The van der Waals surface area contributed by atoms with Crippen LogP contribution in [0, 0.1) is 11.8 Å². The number of aldehydes is 1. The fourth-order valence-corrected chi connectivity index (χ4v) is 5.04. The molecule has 0 aromatic heterocycles. The van der Waals surface area contributed by atoms with Gasteiger partial charge in [0.25, 0.3) is 0 Å². The van der Waals surface area contributed by atoms with Crippen LogP contribution in [0.2, 0.25) is 0 Å². The first-order chi connectivity index (χ1) is 17.1. The molecule has 11 heteroatoms. The second-order valence-corrected chi connectivity index (χ2v) is 10.1. The van der Waals surface area contributed by atoms with Crippen molar-refractivity contribution in [1.82, 2.24) is 0 Å². The molecule has 1 aliphatic carbocycles. The van der Waals surface area contributed by atoms with Crippen LogP contribution in [0.5, 0.6) is 0 Å². The van der Waals surface area contributed by atoms with Gasteiger partial charge in [-0.15, -0.1) is 0 Å². The van der Waals surface area contributed by atoms with E-state index in [9.17, 15) is 30.2 Å². The molecule has 0 radical (unpaired) electrons. The van der Waals surface area contributed by atoms with E-state index in [0.29, 0.717) is 12.8 Å². The van der Waals surface area contributed by atoms with Gasteiger partial charge in [-0.2, -0.15) is 0 Å². The Bertz CT molecular complexity index is 662. The molecule has 1 heterocycles.